The largest absolute Gasteiger partial charge is 0.350 e. The summed E-state index contributed by atoms with van der Waals surface area (Å²) in [4.78, 5) is 46.4. The first kappa shape index (κ1) is 31.1. The molecule has 2 N–H and O–H groups in total. The number of carbonyl (C=O) groups is 3. The zero-order valence-corrected chi connectivity index (χ0v) is 25.7. The van der Waals surface area contributed by atoms with Crippen molar-refractivity contribution in [2.45, 2.75) is 96.3 Å². The van der Waals surface area contributed by atoms with Crippen LogP contribution in [0.3, 0.4) is 0 Å². The number of nitrogens with zero attached hydrogens (tertiary/aromatic N) is 2. The van der Waals surface area contributed by atoms with Crippen LogP contribution in [0.1, 0.15) is 70.2 Å². The van der Waals surface area contributed by atoms with Crippen LogP contribution < -0.4 is 10.6 Å². The molecule has 1 aromatic carbocycles. The molecule has 4 rings (SSSR count). The molecular weight excluding hydrogens is 535 g/mol. The molecule has 2 heterocycles. The molecule has 10 heteroatoms. The summed E-state index contributed by atoms with van der Waals surface area (Å²) in [5, 5.41) is 5.68. The lowest BCUT2D eigenvalue weighted by molar-refractivity contribution is -0.142. The summed E-state index contributed by atoms with van der Waals surface area (Å²) in [6.07, 6.45) is 3.45. The fourth-order valence-electron chi connectivity index (χ4n) is 4.63. The number of benzene rings is 1. The Bertz CT molecular complexity index is 1190. The van der Waals surface area contributed by atoms with Gasteiger partial charge in [0.1, 0.15) is 12.1 Å². The highest BCUT2D eigenvalue weighted by Gasteiger charge is 2.53. The average molecular weight is 577 g/mol. The first-order chi connectivity index (χ1) is 18.5. The zero-order valence-electron chi connectivity index (χ0n) is 24.0. The van der Waals surface area contributed by atoms with Crippen LogP contribution in [0.5, 0.6) is 0 Å². The molecule has 0 radical (unpaired) electrons. The Hall–Kier alpha value is -2.46. The number of likely N-dealkylation sites (tertiary alicyclic amines) is 1. The van der Waals surface area contributed by atoms with E-state index >= 15 is 0 Å². The van der Waals surface area contributed by atoms with Gasteiger partial charge in [-0.15, -0.1) is 11.3 Å². The maximum absolute atomic E-state index is 14.4. The maximum atomic E-state index is 14.4. The third kappa shape index (κ3) is 7.01. The molecule has 0 spiro atoms. The van der Waals surface area contributed by atoms with Crippen molar-refractivity contribution >= 4 is 40.8 Å². The van der Waals surface area contributed by atoms with E-state index in [0.29, 0.717) is 25.9 Å². The number of rotatable bonds is 9. The minimum absolute atomic E-state index is 0.179. The van der Waals surface area contributed by atoms with E-state index in [1.54, 1.807) is 16.2 Å². The van der Waals surface area contributed by atoms with Crippen molar-refractivity contribution in [3.63, 3.8) is 0 Å². The Morgan fingerprint density at radius 1 is 1.26 bits per heavy atom. The van der Waals surface area contributed by atoms with Crippen LogP contribution in [0.4, 0.5) is 4.39 Å². The molecule has 1 saturated carbocycles. The van der Waals surface area contributed by atoms with Crippen molar-refractivity contribution < 1.29 is 18.8 Å². The monoisotopic (exact) mass is 576 g/mol. The third-order valence-electron chi connectivity index (χ3n) is 7.48. The van der Waals surface area contributed by atoms with Crippen molar-refractivity contribution in [3.8, 4) is 10.4 Å². The van der Waals surface area contributed by atoms with E-state index in [4.69, 9.17) is 0 Å². The molecule has 214 valence electrons. The van der Waals surface area contributed by atoms with Crippen molar-refractivity contribution in [2.75, 3.05) is 12.8 Å². The number of carbonyl (C=O) groups excluding carboxylic acids is 3. The van der Waals surface area contributed by atoms with Crippen LogP contribution in [0, 0.1) is 13.8 Å². The van der Waals surface area contributed by atoms with E-state index < -0.39 is 28.4 Å². The summed E-state index contributed by atoms with van der Waals surface area (Å²) in [7, 11) is 0. The zero-order chi connectivity index (χ0) is 29.0. The van der Waals surface area contributed by atoms with Crippen LogP contribution in [0.15, 0.2) is 23.7 Å². The summed E-state index contributed by atoms with van der Waals surface area (Å²) in [6, 6.07) is 4.60. The van der Waals surface area contributed by atoms with Gasteiger partial charge in [-0.05, 0) is 76.3 Å². The van der Waals surface area contributed by atoms with Crippen LogP contribution >= 0.6 is 23.1 Å². The fraction of sp³-hybridized carbons (Fsp3) is 0.586. The van der Waals surface area contributed by atoms with Crippen molar-refractivity contribution in [2.24, 2.45) is 0 Å². The Kier molecular flexibility index (Phi) is 10.2. The minimum Gasteiger partial charge on any atom is -0.350 e. The number of halogens is 1. The average Bonchev–Trinajstić information content (AvgIpc) is 3.29. The Balaban J connectivity index is 0.00000205. The van der Waals surface area contributed by atoms with Crippen LogP contribution in [-0.2, 0) is 20.9 Å². The minimum atomic E-state index is -1.87. The molecule has 39 heavy (non-hydrogen) atoms. The first-order valence-electron chi connectivity index (χ1n) is 13.6. The maximum Gasteiger partial charge on any atom is 0.258 e. The molecule has 7 nitrogen and oxygen atoms in total. The van der Waals surface area contributed by atoms with Crippen LogP contribution in [0.25, 0.3) is 10.4 Å². The van der Waals surface area contributed by atoms with Gasteiger partial charge < -0.3 is 15.5 Å². The number of thioether (sulfide) groups is 1. The van der Waals surface area contributed by atoms with E-state index in [9.17, 15) is 18.8 Å². The summed E-state index contributed by atoms with van der Waals surface area (Å²) in [5.74, 6) is -1.29. The van der Waals surface area contributed by atoms with Crippen molar-refractivity contribution in [1.29, 1.82) is 0 Å². The molecule has 2 atom stereocenters. The van der Waals surface area contributed by atoms with Gasteiger partial charge in [-0.3, -0.25) is 14.4 Å². The van der Waals surface area contributed by atoms with E-state index in [1.807, 2.05) is 65.4 Å². The van der Waals surface area contributed by atoms with Gasteiger partial charge in [0, 0.05) is 17.8 Å². The predicted octanol–water partition coefficient (Wildman–Crippen LogP) is 5.19. The van der Waals surface area contributed by atoms with E-state index in [-0.39, 0.29) is 24.7 Å². The summed E-state index contributed by atoms with van der Waals surface area (Å²) in [6.45, 7) is 12.5. The summed E-state index contributed by atoms with van der Waals surface area (Å²) < 4.78 is 13.7. The van der Waals surface area contributed by atoms with Gasteiger partial charge in [0.2, 0.25) is 11.8 Å². The lowest BCUT2D eigenvalue weighted by Gasteiger charge is -2.36. The predicted molar refractivity (Wildman–Crippen MR) is 158 cm³/mol. The standard InChI is InChI=1S/C27H35FN4O3S2.C2H6/c1-16-13-18(21-17(2)30-15-37-21)8-9-19(16)14-29-23(33)20-7-6-12-32(20)24(34)22(26(3,4)36-5)31-25(35)27(28)10-11-27;1-2/h8-9,13,15,20,22H,6-7,10-12,14H2,1-5H3,(H,29,33)(H,31,35);1-2H3. The SMILES string of the molecule is CC.CSC(C)(C)C(NC(=O)C1(F)CC1)C(=O)N1CCCC1C(=O)NCc1ccc(-c2scnc2C)cc1C. The molecule has 1 saturated heterocycles. The molecule has 2 aliphatic rings. The van der Waals surface area contributed by atoms with Gasteiger partial charge in [0.25, 0.3) is 5.91 Å². The van der Waals surface area contributed by atoms with E-state index in [0.717, 1.165) is 27.3 Å². The lowest BCUT2D eigenvalue weighted by atomic mass is 10.00. The number of aromatic nitrogens is 1. The molecule has 1 aliphatic carbocycles. The number of amides is 3. The highest BCUT2D eigenvalue weighted by molar-refractivity contribution is 8.00. The summed E-state index contributed by atoms with van der Waals surface area (Å²) in [5.41, 5.74) is 4.12. The first-order valence-corrected chi connectivity index (χ1v) is 15.7. The number of aryl methyl sites for hydroxylation is 2. The second-order valence-electron chi connectivity index (χ2n) is 10.5. The molecule has 2 unspecified atom stereocenters. The lowest BCUT2D eigenvalue weighted by Crippen LogP contribution is -2.60. The Morgan fingerprint density at radius 2 is 1.95 bits per heavy atom. The second-order valence-corrected chi connectivity index (χ2v) is 12.8. The van der Waals surface area contributed by atoms with Gasteiger partial charge in [0.05, 0.1) is 16.1 Å². The third-order valence-corrected chi connectivity index (χ3v) is 9.75. The molecule has 0 bridgehead atoms. The quantitative estimate of drug-likeness (QED) is 0.429. The second kappa shape index (κ2) is 12.8. The number of alkyl halides is 1. The van der Waals surface area contributed by atoms with Crippen LogP contribution in [0.2, 0.25) is 0 Å². The molecule has 1 aromatic heterocycles. The van der Waals surface area contributed by atoms with Gasteiger partial charge in [-0.2, -0.15) is 11.8 Å². The van der Waals surface area contributed by atoms with Gasteiger partial charge in [-0.25, -0.2) is 9.37 Å². The van der Waals surface area contributed by atoms with Gasteiger partial charge >= 0.3 is 0 Å². The number of hydrogen-bond acceptors (Lipinski definition) is 6. The normalized spacial score (nSPS) is 18.6. The van der Waals surface area contributed by atoms with Crippen LogP contribution in [-0.4, -0.2) is 62.9 Å². The van der Waals surface area contributed by atoms with E-state index in [2.05, 4.69) is 21.7 Å². The highest BCUT2D eigenvalue weighted by atomic mass is 32.2. The number of hydrogen-bond donors (Lipinski definition) is 2. The van der Waals surface area contributed by atoms with Gasteiger partial charge in [-0.1, -0.05) is 32.0 Å². The number of thiazole rings is 1. The van der Waals surface area contributed by atoms with Crippen molar-refractivity contribution in [3.05, 3.63) is 40.5 Å². The highest BCUT2D eigenvalue weighted by Crippen LogP contribution is 2.40. The topological polar surface area (TPSA) is 91.4 Å². The Morgan fingerprint density at radius 3 is 2.51 bits per heavy atom. The number of nitrogens with one attached hydrogen (secondary N) is 2. The smallest absolute Gasteiger partial charge is 0.258 e. The molecule has 2 fully saturated rings. The summed E-state index contributed by atoms with van der Waals surface area (Å²) >= 11 is 3.03. The molecule has 3 amide bonds. The molecule has 1 aliphatic heterocycles. The Labute approximate surface area is 239 Å². The fourth-order valence-corrected chi connectivity index (χ4v) is 5.83. The molecule has 2 aromatic rings. The van der Waals surface area contributed by atoms with Gasteiger partial charge in [0.15, 0.2) is 5.67 Å². The van der Waals surface area contributed by atoms with E-state index in [1.165, 1.54) is 11.8 Å². The van der Waals surface area contributed by atoms with Crippen molar-refractivity contribution in [1.82, 2.24) is 20.5 Å². The molecular formula is C29H41FN4O3S2.